The molecular weight excluding hydrogens is 337 g/mol. The molecule has 0 aromatic heterocycles. The van der Waals surface area contributed by atoms with Crippen molar-refractivity contribution in [2.75, 3.05) is 26.4 Å². The molecule has 0 saturated carbocycles. The highest BCUT2D eigenvalue weighted by Gasteiger charge is 2.35. The number of hydrogen-bond donors (Lipinski definition) is 2. The molecule has 2 aromatic carbocycles. The summed E-state index contributed by atoms with van der Waals surface area (Å²) in [6.07, 6.45) is 0.471. The van der Waals surface area contributed by atoms with Gasteiger partial charge in [-0.2, -0.15) is 0 Å². The molecule has 2 heterocycles. The first-order valence-electron chi connectivity index (χ1n) is 8.82. The Morgan fingerprint density at radius 1 is 1.04 bits per heavy atom. The normalized spacial score (nSPS) is 20.1. The van der Waals surface area contributed by atoms with Crippen molar-refractivity contribution in [1.29, 1.82) is 0 Å². The molecule has 0 radical (unpaired) electrons. The first-order valence-corrected chi connectivity index (χ1v) is 8.82. The molecule has 2 aliphatic rings. The number of ether oxygens (including phenoxy) is 2. The van der Waals surface area contributed by atoms with Gasteiger partial charge in [0.15, 0.2) is 11.5 Å². The van der Waals surface area contributed by atoms with Crippen LogP contribution in [-0.2, 0) is 5.60 Å². The Morgan fingerprint density at radius 2 is 1.73 bits per heavy atom. The molecule has 5 nitrogen and oxygen atoms in total. The Morgan fingerprint density at radius 3 is 2.46 bits per heavy atom. The Kier molecular flexibility index (Phi) is 4.56. The summed E-state index contributed by atoms with van der Waals surface area (Å²) in [7, 11) is 0. The summed E-state index contributed by atoms with van der Waals surface area (Å²) >= 11 is 0. The topological polar surface area (TPSA) is 62.2 Å². The van der Waals surface area contributed by atoms with Gasteiger partial charge in [-0.15, -0.1) is 0 Å². The van der Waals surface area contributed by atoms with Gasteiger partial charge in [0.2, 0.25) is 6.79 Å². The quantitative estimate of drug-likeness (QED) is 0.879. The fourth-order valence-corrected chi connectivity index (χ4v) is 3.62. The number of nitrogens with zero attached hydrogens (tertiary/aromatic N) is 1. The highest BCUT2D eigenvalue weighted by molar-refractivity contribution is 5.46. The number of aliphatic hydroxyl groups excluding tert-OH is 1. The van der Waals surface area contributed by atoms with E-state index in [9.17, 15) is 14.6 Å². The zero-order valence-electron chi connectivity index (χ0n) is 14.4. The highest BCUT2D eigenvalue weighted by Crippen LogP contribution is 2.39. The van der Waals surface area contributed by atoms with Gasteiger partial charge in [0.25, 0.3) is 0 Å². The maximum Gasteiger partial charge on any atom is 0.231 e. The predicted molar refractivity (Wildman–Crippen MR) is 93.5 cm³/mol. The van der Waals surface area contributed by atoms with Gasteiger partial charge in [0, 0.05) is 19.6 Å². The van der Waals surface area contributed by atoms with Crippen molar-refractivity contribution in [3.8, 4) is 11.5 Å². The molecule has 0 amide bonds. The molecule has 138 valence electrons. The van der Waals surface area contributed by atoms with Crippen LogP contribution >= 0.6 is 0 Å². The fourth-order valence-electron chi connectivity index (χ4n) is 3.62. The van der Waals surface area contributed by atoms with E-state index < -0.39 is 11.7 Å². The first kappa shape index (κ1) is 17.3. The number of rotatable bonds is 4. The van der Waals surface area contributed by atoms with Gasteiger partial charge in [-0.1, -0.05) is 18.2 Å². The van der Waals surface area contributed by atoms with Crippen LogP contribution in [0.4, 0.5) is 4.39 Å². The van der Waals surface area contributed by atoms with Crippen molar-refractivity contribution in [3.63, 3.8) is 0 Å². The largest absolute Gasteiger partial charge is 0.454 e. The maximum absolute atomic E-state index is 13.0. The van der Waals surface area contributed by atoms with Gasteiger partial charge in [-0.25, -0.2) is 4.39 Å². The second-order valence-corrected chi connectivity index (χ2v) is 6.97. The SMILES string of the molecule is OC(CN1CCC(O)(c2ccc3c(c2)OCO3)CC1)c1ccc(F)cc1. The standard InChI is InChI=1S/C20H22FNO4/c21-16-4-1-14(2-5-16)17(23)12-22-9-7-20(24,8-10-22)15-3-6-18-19(11-15)26-13-25-18/h1-6,11,17,23-24H,7-10,12-13H2. The third-order valence-electron chi connectivity index (χ3n) is 5.28. The van der Waals surface area contributed by atoms with E-state index in [4.69, 9.17) is 9.47 Å². The van der Waals surface area contributed by atoms with Crippen molar-refractivity contribution in [2.24, 2.45) is 0 Å². The van der Waals surface area contributed by atoms with Crippen LogP contribution in [0.5, 0.6) is 11.5 Å². The lowest BCUT2D eigenvalue weighted by molar-refractivity contribution is -0.0345. The molecule has 6 heteroatoms. The third-order valence-corrected chi connectivity index (χ3v) is 5.28. The van der Waals surface area contributed by atoms with Crippen LogP contribution in [0, 0.1) is 5.82 Å². The average molecular weight is 359 g/mol. The van der Waals surface area contributed by atoms with E-state index in [2.05, 4.69) is 4.90 Å². The summed E-state index contributed by atoms with van der Waals surface area (Å²) in [5.74, 6) is 1.06. The minimum Gasteiger partial charge on any atom is -0.454 e. The molecule has 1 atom stereocenters. The van der Waals surface area contributed by atoms with E-state index in [1.807, 2.05) is 18.2 Å². The van der Waals surface area contributed by atoms with E-state index in [-0.39, 0.29) is 12.6 Å². The minimum absolute atomic E-state index is 0.215. The van der Waals surface area contributed by atoms with Gasteiger partial charge in [-0.3, -0.25) is 0 Å². The molecule has 2 N–H and O–H groups in total. The molecular formula is C20H22FNO4. The Labute approximate surface area is 151 Å². The molecule has 1 fully saturated rings. The van der Waals surface area contributed by atoms with Crippen LogP contribution in [0.2, 0.25) is 0 Å². The summed E-state index contributed by atoms with van der Waals surface area (Å²) in [6, 6.07) is 11.5. The van der Waals surface area contributed by atoms with Gasteiger partial charge in [0.05, 0.1) is 11.7 Å². The minimum atomic E-state index is -0.904. The number of fused-ring (bicyclic) bond motifs is 1. The van der Waals surface area contributed by atoms with E-state index in [0.29, 0.717) is 49.5 Å². The van der Waals surface area contributed by atoms with Crippen LogP contribution in [-0.4, -0.2) is 41.5 Å². The lowest BCUT2D eigenvalue weighted by Crippen LogP contribution is -2.43. The number of benzene rings is 2. The van der Waals surface area contributed by atoms with Crippen LogP contribution in [0.15, 0.2) is 42.5 Å². The van der Waals surface area contributed by atoms with Crippen LogP contribution in [0.1, 0.15) is 30.1 Å². The van der Waals surface area contributed by atoms with E-state index in [1.54, 1.807) is 12.1 Å². The smallest absolute Gasteiger partial charge is 0.231 e. The summed E-state index contributed by atoms with van der Waals surface area (Å²) in [5.41, 5.74) is 0.627. The first-order chi connectivity index (χ1) is 12.5. The lowest BCUT2D eigenvalue weighted by Gasteiger charge is -2.39. The molecule has 2 aromatic rings. The Hall–Kier alpha value is -2.15. The summed E-state index contributed by atoms with van der Waals surface area (Å²) in [4.78, 5) is 2.12. The van der Waals surface area contributed by atoms with Crippen molar-refractivity contribution in [2.45, 2.75) is 24.5 Å². The molecule has 1 saturated heterocycles. The van der Waals surface area contributed by atoms with Crippen molar-refractivity contribution in [3.05, 3.63) is 59.4 Å². The van der Waals surface area contributed by atoms with E-state index in [1.165, 1.54) is 12.1 Å². The number of aliphatic hydroxyl groups is 2. The average Bonchev–Trinajstić information content (AvgIpc) is 3.12. The number of β-amino-alcohol motifs (C(OH)–C–C–N with tert-alkyl or cyclic N) is 1. The van der Waals surface area contributed by atoms with Crippen molar-refractivity contribution < 1.29 is 24.1 Å². The van der Waals surface area contributed by atoms with Crippen LogP contribution in [0.25, 0.3) is 0 Å². The van der Waals surface area contributed by atoms with Crippen LogP contribution < -0.4 is 9.47 Å². The van der Waals surface area contributed by atoms with E-state index in [0.717, 1.165) is 5.56 Å². The van der Waals surface area contributed by atoms with Crippen molar-refractivity contribution >= 4 is 0 Å². The molecule has 0 bridgehead atoms. The maximum atomic E-state index is 13.0. The third kappa shape index (κ3) is 3.40. The summed E-state index contributed by atoms with van der Waals surface area (Å²) < 4.78 is 23.7. The number of hydrogen-bond acceptors (Lipinski definition) is 5. The predicted octanol–water partition coefficient (Wildman–Crippen LogP) is 2.57. The monoisotopic (exact) mass is 359 g/mol. The van der Waals surface area contributed by atoms with E-state index >= 15 is 0 Å². The number of likely N-dealkylation sites (tertiary alicyclic amines) is 1. The molecule has 0 aliphatic carbocycles. The van der Waals surface area contributed by atoms with Gasteiger partial charge in [-0.05, 0) is 48.2 Å². The van der Waals surface area contributed by atoms with Crippen molar-refractivity contribution in [1.82, 2.24) is 4.90 Å². The zero-order valence-corrected chi connectivity index (χ0v) is 14.4. The number of halogens is 1. The Balaban J connectivity index is 1.38. The van der Waals surface area contributed by atoms with Gasteiger partial charge < -0.3 is 24.6 Å². The summed E-state index contributed by atoms with van der Waals surface area (Å²) in [6.45, 7) is 2.02. The van der Waals surface area contributed by atoms with Gasteiger partial charge >= 0.3 is 0 Å². The lowest BCUT2D eigenvalue weighted by atomic mass is 9.84. The van der Waals surface area contributed by atoms with Gasteiger partial charge in [0.1, 0.15) is 5.82 Å². The molecule has 2 aliphatic heterocycles. The second kappa shape index (κ2) is 6.87. The Bertz CT molecular complexity index is 772. The molecule has 26 heavy (non-hydrogen) atoms. The zero-order chi connectivity index (χ0) is 18.1. The molecule has 4 rings (SSSR count). The highest BCUT2D eigenvalue weighted by atomic mass is 19.1. The summed E-state index contributed by atoms with van der Waals surface area (Å²) in [5, 5.41) is 21.4. The molecule has 0 spiro atoms. The number of piperidine rings is 1. The second-order valence-electron chi connectivity index (χ2n) is 6.97. The fraction of sp³-hybridized carbons (Fsp3) is 0.400. The molecule has 1 unspecified atom stereocenters. The van der Waals surface area contributed by atoms with Crippen LogP contribution in [0.3, 0.4) is 0 Å².